The van der Waals surface area contributed by atoms with Crippen LogP contribution in [0.25, 0.3) is 0 Å². The topological polar surface area (TPSA) is 119 Å². The average Bonchev–Trinajstić information content (AvgIpc) is 2.61. The summed E-state index contributed by atoms with van der Waals surface area (Å²) in [5.74, 6) is -1.96. The lowest BCUT2D eigenvalue weighted by atomic mass is 10.2. The Morgan fingerprint density at radius 2 is 2.05 bits per heavy atom. The molecule has 0 aliphatic carbocycles. The van der Waals surface area contributed by atoms with Crippen LogP contribution in [0.5, 0.6) is 0 Å². The highest BCUT2D eigenvalue weighted by molar-refractivity contribution is 5.98. The first-order valence-electron chi connectivity index (χ1n) is 5.36. The third-order valence-corrected chi connectivity index (χ3v) is 2.83. The fourth-order valence-corrected chi connectivity index (χ4v) is 1.61. The quantitative estimate of drug-likeness (QED) is 0.615. The Labute approximate surface area is 108 Å². The van der Waals surface area contributed by atoms with Crippen molar-refractivity contribution in [2.75, 3.05) is 7.05 Å². The highest BCUT2D eigenvalue weighted by Gasteiger charge is 2.33. The van der Waals surface area contributed by atoms with Crippen molar-refractivity contribution in [2.45, 2.75) is 19.9 Å². The molecule has 1 amide bonds. The van der Waals surface area contributed by atoms with Crippen LogP contribution >= 0.6 is 0 Å². The van der Waals surface area contributed by atoms with E-state index in [1.165, 1.54) is 27.9 Å². The van der Waals surface area contributed by atoms with Gasteiger partial charge in [0.2, 0.25) is 5.69 Å². The molecule has 1 unspecified atom stereocenters. The summed E-state index contributed by atoms with van der Waals surface area (Å²) in [7, 11) is 2.67. The van der Waals surface area contributed by atoms with Gasteiger partial charge in [-0.05, 0) is 13.8 Å². The van der Waals surface area contributed by atoms with E-state index in [0.29, 0.717) is 0 Å². The van der Waals surface area contributed by atoms with E-state index < -0.39 is 28.5 Å². The largest absolute Gasteiger partial charge is 0.480 e. The van der Waals surface area contributed by atoms with Crippen molar-refractivity contribution in [1.29, 1.82) is 0 Å². The molecule has 1 rings (SSSR count). The lowest BCUT2D eigenvalue weighted by Gasteiger charge is -2.20. The summed E-state index contributed by atoms with van der Waals surface area (Å²) in [6.07, 6.45) is 0. The Kier molecular flexibility index (Phi) is 3.88. The Balaban J connectivity index is 3.27. The molecule has 0 aliphatic rings. The maximum absolute atomic E-state index is 12.1. The van der Waals surface area contributed by atoms with Gasteiger partial charge in [-0.25, -0.2) is 4.79 Å². The van der Waals surface area contributed by atoms with Crippen LogP contribution in [-0.2, 0) is 11.8 Å². The first-order valence-corrected chi connectivity index (χ1v) is 5.36. The second-order valence-corrected chi connectivity index (χ2v) is 4.09. The number of hydrogen-bond acceptors (Lipinski definition) is 5. The molecule has 1 N–H and O–H groups in total. The van der Waals surface area contributed by atoms with E-state index in [2.05, 4.69) is 5.10 Å². The van der Waals surface area contributed by atoms with Crippen molar-refractivity contribution < 1.29 is 19.6 Å². The molecule has 1 aromatic heterocycles. The standard InChI is InChI=1S/C10H14N4O5/c1-5-7(14(18)19)8(13(4)11-5)9(15)12(3)6(2)10(16)17/h6H,1-4H3,(H,16,17). The normalized spacial score (nSPS) is 12.0. The molecule has 1 heterocycles. The SMILES string of the molecule is Cc1nn(C)c(C(=O)N(C)C(C)C(=O)O)c1[N+](=O)[O-]. The first kappa shape index (κ1) is 14.6. The molecule has 0 spiro atoms. The summed E-state index contributed by atoms with van der Waals surface area (Å²) >= 11 is 0. The highest BCUT2D eigenvalue weighted by atomic mass is 16.6. The average molecular weight is 270 g/mol. The molecular formula is C10H14N4O5. The van der Waals surface area contributed by atoms with Crippen molar-refractivity contribution in [3.8, 4) is 0 Å². The third-order valence-electron chi connectivity index (χ3n) is 2.83. The van der Waals surface area contributed by atoms with Gasteiger partial charge in [0.25, 0.3) is 5.91 Å². The second-order valence-electron chi connectivity index (χ2n) is 4.09. The van der Waals surface area contributed by atoms with Crippen LogP contribution in [0.2, 0.25) is 0 Å². The Bertz CT molecular complexity index is 550. The van der Waals surface area contributed by atoms with E-state index in [1.807, 2.05) is 0 Å². The molecular weight excluding hydrogens is 256 g/mol. The summed E-state index contributed by atoms with van der Waals surface area (Å²) in [4.78, 5) is 34.2. The maximum Gasteiger partial charge on any atom is 0.326 e. The number of aryl methyl sites for hydroxylation is 2. The number of amides is 1. The lowest BCUT2D eigenvalue weighted by Crippen LogP contribution is -2.41. The smallest absolute Gasteiger partial charge is 0.326 e. The van der Waals surface area contributed by atoms with Gasteiger partial charge in [0, 0.05) is 14.1 Å². The minimum Gasteiger partial charge on any atom is -0.480 e. The molecule has 0 saturated carbocycles. The predicted octanol–water partition coefficient (Wildman–Crippen LogP) is 0.182. The van der Waals surface area contributed by atoms with Gasteiger partial charge in [-0.2, -0.15) is 5.10 Å². The van der Waals surface area contributed by atoms with Gasteiger partial charge in [-0.3, -0.25) is 19.6 Å². The van der Waals surface area contributed by atoms with Crippen LogP contribution < -0.4 is 0 Å². The molecule has 0 saturated heterocycles. The molecule has 1 atom stereocenters. The lowest BCUT2D eigenvalue weighted by molar-refractivity contribution is -0.385. The van der Waals surface area contributed by atoms with E-state index in [-0.39, 0.29) is 11.4 Å². The number of nitro groups is 1. The molecule has 0 fully saturated rings. The number of aromatic nitrogens is 2. The summed E-state index contributed by atoms with van der Waals surface area (Å²) < 4.78 is 1.08. The monoisotopic (exact) mass is 270 g/mol. The molecule has 0 aromatic carbocycles. The van der Waals surface area contributed by atoms with Crippen LogP contribution in [-0.4, -0.2) is 49.7 Å². The summed E-state index contributed by atoms with van der Waals surface area (Å²) in [5, 5.41) is 23.6. The minimum atomic E-state index is -1.20. The van der Waals surface area contributed by atoms with Crippen molar-refractivity contribution in [3.63, 3.8) is 0 Å². The zero-order valence-corrected chi connectivity index (χ0v) is 10.9. The van der Waals surface area contributed by atoms with Gasteiger partial charge >= 0.3 is 11.7 Å². The molecule has 9 heteroatoms. The number of carboxylic acids is 1. The van der Waals surface area contributed by atoms with Crippen molar-refractivity contribution in [3.05, 3.63) is 21.5 Å². The molecule has 0 aliphatic heterocycles. The number of aliphatic carboxylic acids is 1. The van der Waals surface area contributed by atoms with Gasteiger partial charge < -0.3 is 10.0 Å². The molecule has 9 nitrogen and oxygen atoms in total. The Morgan fingerprint density at radius 3 is 2.47 bits per heavy atom. The van der Waals surface area contributed by atoms with Gasteiger partial charge in [0.1, 0.15) is 11.7 Å². The Hall–Kier alpha value is -2.45. The fraction of sp³-hybridized carbons (Fsp3) is 0.500. The van der Waals surface area contributed by atoms with Gasteiger partial charge in [0.15, 0.2) is 0 Å². The number of rotatable bonds is 4. The van der Waals surface area contributed by atoms with E-state index in [4.69, 9.17) is 5.11 Å². The Morgan fingerprint density at radius 1 is 1.53 bits per heavy atom. The summed E-state index contributed by atoms with van der Waals surface area (Å²) in [6, 6.07) is -1.10. The van der Waals surface area contributed by atoms with Crippen LogP contribution in [0.4, 0.5) is 5.69 Å². The number of nitrogens with zero attached hydrogens (tertiary/aromatic N) is 4. The number of carbonyl (C=O) groups is 2. The molecule has 19 heavy (non-hydrogen) atoms. The number of likely N-dealkylation sites (N-methyl/N-ethyl adjacent to an activating group) is 1. The van der Waals surface area contributed by atoms with Gasteiger partial charge in [0.05, 0.1) is 4.92 Å². The molecule has 0 radical (unpaired) electrons. The van der Waals surface area contributed by atoms with Gasteiger partial charge in [-0.15, -0.1) is 0 Å². The number of hydrogen-bond donors (Lipinski definition) is 1. The summed E-state index contributed by atoms with van der Waals surface area (Å²) in [6.45, 7) is 2.73. The zero-order valence-electron chi connectivity index (χ0n) is 10.9. The van der Waals surface area contributed by atoms with Crippen molar-refractivity contribution in [1.82, 2.24) is 14.7 Å². The van der Waals surface area contributed by atoms with Crippen LogP contribution in [0.3, 0.4) is 0 Å². The predicted molar refractivity (Wildman–Crippen MR) is 63.8 cm³/mol. The minimum absolute atomic E-state index is 0.104. The van der Waals surface area contributed by atoms with Crippen LogP contribution in [0.15, 0.2) is 0 Å². The van der Waals surface area contributed by atoms with Crippen molar-refractivity contribution in [2.24, 2.45) is 7.05 Å². The molecule has 0 bridgehead atoms. The zero-order chi connectivity index (χ0) is 14.9. The first-order chi connectivity index (χ1) is 8.68. The molecule has 104 valence electrons. The number of carbonyl (C=O) groups excluding carboxylic acids is 1. The van der Waals surface area contributed by atoms with E-state index in [0.717, 1.165) is 9.58 Å². The maximum atomic E-state index is 12.1. The van der Waals surface area contributed by atoms with Crippen molar-refractivity contribution >= 4 is 17.6 Å². The summed E-state index contributed by atoms with van der Waals surface area (Å²) in [5.41, 5.74) is -0.540. The van der Waals surface area contributed by atoms with E-state index >= 15 is 0 Å². The van der Waals surface area contributed by atoms with Crippen LogP contribution in [0, 0.1) is 17.0 Å². The highest BCUT2D eigenvalue weighted by Crippen LogP contribution is 2.23. The van der Waals surface area contributed by atoms with E-state index in [9.17, 15) is 19.7 Å². The van der Waals surface area contributed by atoms with Gasteiger partial charge in [-0.1, -0.05) is 0 Å². The van der Waals surface area contributed by atoms with Crippen LogP contribution in [0.1, 0.15) is 23.1 Å². The number of carboxylic acid groups (broad SMARTS) is 1. The second kappa shape index (κ2) is 5.04. The fourth-order valence-electron chi connectivity index (χ4n) is 1.61. The third kappa shape index (κ3) is 2.54. The molecule has 1 aromatic rings. The van der Waals surface area contributed by atoms with E-state index in [1.54, 1.807) is 0 Å².